The maximum atomic E-state index is 14.5. The maximum Gasteiger partial charge on any atom is 0.249 e. The third-order valence-corrected chi connectivity index (χ3v) is 3.47. The van der Waals surface area contributed by atoms with Gasteiger partial charge in [-0.05, 0) is 18.4 Å². The Kier molecular flexibility index (Phi) is 5.16. The van der Waals surface area contributed by atoms with Crippen LogP contribution in [0.25, 0.3) is 0 Å². The van der Waals surface area contributed by atoms with Crippen molar-refractivity contribution in [3.63, 3.8) is 0 Å². The zero-order chi connectivity index (χ0) is 16.1. The Morgan fingerprint density at radius 3 is 2.41 bits per heavy atom. The molecule has 1 aromatic carbocycles. The number of rotatable bonds is 5. The number of halogens is 3. The van der Waals surface area contributed by atoms with Crippen LogP contribution in [0.3, 0.4) is 0 Å². The summed E-state index contributed by atoms with van der Waals surface area (Å²) in [6.45, 7) is 1.87. The van der Waals surface area contributed by atoms with Crippen molar-refractivity contribution in [1.29, 1.82) is 5.26 Å². The minimum atomic E-state index is -1.36. The van der Waals surface area contributed by atoms with Gasteiger partial charge < -0.3 is 0 Å². The van der Waals surface area contributed by atoms with E-state index in [1.54, 1.807) is 30.3 Å². The SMILES string of the molecule is CCCCc1c(F)c(F)nc(C(C#N)c2ccccc2)c1F. The summed E-state index contributed by atoms with van der Waals surface area (Å²) in [6.07, 6.45) is 1.32. The highest BCUT2D eigenvalue weighted by Gasteiger charge is 2.26. The molecule has 0 N–H and O–H groups in total. The number of pyridine rings is 1. The van der Waals surface area contributed by atoms with Crippen LogP contribution < -0.4 is 0 Å². The first-order valence-electron chi connectivity index (χ1n) is 7.08. The van der Waals surface area contributed by atoms with Crippen LogP contribution >= 0.6 is 0 Å². The Morgan fingerprint density at radius 2 is 1.82 bits per heavy atom. The van der Waals surface area contributed by atoms with Crippen LogP contribution in [0.2, 0.25) is 0 Å². The third kappa shape index (κ3) is 3.11. The van der Waals surface area contributed by atoms with Gasteiger partial charge in [0, 0.05) is 5.56 Å². The highest BCUT2D eigenvalue weighted by atomic mass is 19.2. The molecule has 0 saturated carbocycles. The fraction of sp³-hybridized carbons (Fsp3) is 0.294. The van der Waals surface area contributed by atoms with Crippen LogP contribution in [-0.2, 0) is 6.42 Å². The zero-order valence-electron chi connectivity index (χ0n) is 12.1. The van der Waals surface area contributed by atoms with Crippen LogP contribution in [-0.4, -0.2) is 4.98 Å². The molecule has 0 aliphatic rings. The summed E-state index contributed by atoms with van der Waals surface area (Å²) in [5, 5.41) is 9.31. The van der Waals surface area contributed by atoms with Gasteiger partial charge in [0.1, 0.15) is 11.6 Å². The second-order valence-electron chi connectivity index (χ2n) is 4.97. The Labute approximate surface area is 127 Å². The minimum absolute atomic E-state index is 0.0769. The summed E-state index contributed by atoms with van der Waals surface area (Å²) in [7, 11) is 0. The molecule has 0 saturated heterocycles. The van der Waals surface area contributed by atoms with Gasteiger partial charge in [0.25, 0.3) is 0 Å². The van der Waals surface area contributed by atoms with Crippen molar-refractivity contribution < 1.29 is 13.2 Å². The van der Waals surface area contributed by atoms with Crippen molar-refractivity contribution in [3.05, 3.63) is 64.7 Å². The van der Waals surface area contributed by atoms with E-state index in [1.807, 2.05) is 13.0 Å². The second kappa shape index (κ2) is 7.08. The van der Waals surface area contributed by atoms with Gasteiger partial charge in [-0.1, -0.05) is 43.7 Å². The predicted molar refractivity (Wildman–Crippen MR) is 76.6 cm³/mol. The fourth-order valence-corrected chi connectivity index (χ4v) is 2.28. The highest BCUT2D eigenvalue weighted by Crippen LogP contribution is 2.28. The molecule has 1 heterocycles. The molecule has 1 aromatic heterocycles. The molecule has 2 aromatic rings. The molecule has 0 aliphatic carbocycles. The van der Waals surface area contributed by atoms with E-state index in [0.717, 1.165) is 6.42 Å². The quantitative estimate of drug-likeness (QED) is 0.763. The molecule has 1 atom stereocenters. The van der Waals surface area contributed by atoms with Gasteiger partial charge >= 0.3 is 0 Å². The van der Waals surface area contributed by atoms with Gasteiger partial charge in [0.15, 0.2) is 11.6 Å². The molecule has 2 rings (SSSR count). The number of benzene rings is 1. The van der Waals surface area contributed by atoms with Crippen LogP contribution in [0.1, 0.15) is 42.5 Å². The lowest BCUT2D eigenvalue weighted by Crippen LogP contribution is -2.12. The predicted octanol–water partition coefficient (Wildman–Crippen LogP) is 4.50. The van der Waals surface area contributed by atoms with Gasteiger partial charge in [0.05, 0.1) is 6.07 Å². The molecule has 0 bridgehead atoms. The van der Waals surface area contributed by atoms with Crippen molar-refractivity contribution in [2.45, 2.75) is 32.1 Å². The molecule has 1 unspecified atom stereocenters. The first kappa shape index (κ1) is 16.0. The topological polar surface area (TPSA) is 36.7 Å². The Bertz CT molecular complexity index is 693. The minimum Gasteiger partial charge on any atom is -0.217 e. The first-order valence-corrected chi connectivity index (χ1v) is 7.08. The lowest BCUT2D eigenvalue weighted by atomic mass is 9.94. The second-order valence-corrected chi connectivity index (χ2v) is 4.97. The van der Waals surface area contributed by atoms with Crippen molar-refractivity contribution in [1.82, 2.24) is 4.98 Å². The molecule has 0 amide bonds. The molecular weight excluding hydrogens is 289 g/mol. The van der Waals surface area contributed by atoms with Gasteiger partial charge in [-0.15, -0.1) is 0 Å². The van der Waals surface area contributed by atoms with Crippen LogP contribution in [0.4, 0.5) is 13.2 Å². The first-order chi connectivity index (χ1) is 10.6. The molecule has 2 nitrogen and oxygen atoms in total. The standard InChI is InChI=1S/C17H15F3N2/c1-2-3-9-12-14(18)16(22-17(20)15(12)19)13(10-21)11-7-5-4-6-8-11/h4-8,13H,2-3,9H2,1H3. The molecule has 114 valence electrons. The molecule has 0 fully saturated rings. The Hall–Kier alpha value is -2.35. The van der Waals surface area contributed by atoms with Crippen molar-refractivity contribution in [3.8, 4) is 6.07 Å². The van der Waals surface area contributed by atoms with E-state index in [0.29, 0.717) is 12.0 Å². The third-order valence-electron chi connectivity index (χ3n) is 3.47. The number of aromatic nitrogens is 1. The Balaban J connectivity index is 2.55. The highest BCUT2D eigenvalue weighted by molar-refractivity contribution is 5.37. The van der Waals surface area contributed by atoms with Crippen LogP contribution in [0.5, 0.6) is 0 Å². The van der Waals surface area contributed by atoms with E-state index in [-0.39, 0.29) is 17.7 Å². The fourth-order valence-electron chi connectivity index (χ4n) is 2.28. The number of unbranched alkanes of at least 4 members (excludes halogenated alkanes) is 1. The van der Waals surface area contributed by atoms with Gasteiger partial charge in [-0.25, -0.2) is 13.8 Å². The summed E-state index contributed by atoms with van der Waals surface area (Å²) in [6, 6.07) is 10.3. The van der Waals surface area contributed by atoms with Gasteiger partial charge in [0.2, 0.25) is 5.95 Å². The average molecular weight is 304 g/mol. The number of nitriles is 1. The molecular formula is C17H15F3N2. The van der Waals surface area contributed by atoms with Crippen LogP contribution in [0.15, 0.2) is 30.3 Å². The number of hydrogen-bond donors (Lipinski definition) is 0. The van der Waals surface area contributed by atoms with E-state index < -0.39 is 23.5 Å². The maximum absolute atomic E-state index is 14.5. The number of hydrogen-bond acceptors (Lipinski definition) is 2. The van der Waals surface area contributed by atoms with Crippen LogP contribution in [0, 0.1) is 28.9 Å². The lowest BCUT2D eigenvalue weighted by Gasteiger charge is -2.13. The van der Waals surface area contributed by atoms with E-state index in [9.17, 15) is 18.4 Å². The number of nitrogens with zero attached hydrogens (tertiary/aromatic N) is 2. The summed E-state index contributed by atoms with van der Waals surface area (Å²) >= 11 is 0. The normalized spacial score (nSPS) is 12.0. The molecule has 22 heavy (non-hydrogen) atoms. The summed E-state index contributed by atoms with van der Waals surface area (Å²) in [5.74, 6) is -4.63. The largest absolute Gasteiger partial charge is 0.249 e. The molecule has 0 aliphatic heterocycles. The summed E-state index contributed by atoms with van der Waals surface area (Å²) in [5.41, 5.74) is -0.205. The van der Waals surface area contributed by atoms with Gasteiger partial charge in [-0.3, -0.25) is 0 Å². The Morgan fingerprint density at radius 1 is 1.14 bits per heavy atom. The average Bonchev–Trinajstić information content (AvgIpc) is 2.54. The molecule has 0 spiro atoms. The smallest absolute Gasteiger partial charge is 0.217 e. The van der Waals surface area contributed by atoms with Crippen molar-refractivity contribution >= 4 is 0 Å². The summed E-state index contributed by atoms with van der Waals surface area (Å²) < 4.78 is 42.0. The van der Waals surface area contributed by atoms with E-state index in [1.165, 1.54) is 0 Å². The monoisotopic (exact) mass is 304 g/mol. The lowest BCUT2D eigenvalue weighted by molar-refractivity contribution is 0.440. The van der Waals surface area contributed by atoms with E-state index in [4.69, 9.17) is 0 Å². The molecule has 0 radical (unpaired) electrons. The van der Waals surface area contributed by atoms with E-state index >= 15 is 0 Å². The van der Waals surface area contributed by atoms with E-state index in [2.05, 4.69) is 4.98 Å². The van der Waals surface area contributed by atoms with Crippen molar-refractivity contribution in [2.24, 2.45) is 0 Å². The zero-order valence-corrected chi connectivity index (χ0v) is 12.1. The van der Waals surface area contributed by atoms with Gasteiger partial charge in [-0.2, -0.15) is 9.65 Å². The molecule has 5 heteroatoms. The summed E-state index contributed by atoms with van der Waals surface area (Å²) in [4.78, 5) is 3.35. The van der Waals surface area contributed by atoms with Crippen molar-refractivity contribution in [2.75, 3.05) is 0 Å².